The summed E-state index contributed by atoms with van der Waals surface area (Å²) in [6.07, 6.45) is 15.3. The molecule has 0 aliphatic rings. The summed E-state index contributed by atoms with van der Waals surface area (Å²) in [5.41, 5.74) is 2.07. The first-order valence-corrected chi connectivity index (χ1v) is 5.76. The third-order valence-electron chi connectivity index (χ3n) is 2.14. The fourth-order valence-electron chi connectivity index (χ4n) is 1.23. The van der Waals surface area contributed by atoms with Crippen LogP contribution in [0.3, 0.4) is 0 Å². The van der Waals surface area contributed by atoms with Gasteiger partial charge in [-0.15, -0.1) is 0 Å². The molecule has 0 aliphatic carbocycles. The number of rotatable bonds is 8. The summed E-state index contributed by atoms with van der Waals surface area (Å²) in [5, 5.41) is 3.23. The molecule has 0 radical (unpaired) electrons. The van der Waals surface area contributed by atoms with E-state index in [1.807, 2.05) is 32.1 Å². The van der Waals surface area contributed by atoms with E-state index < -0.39 is 0 Å². The van der Waals surface area contributed by atoms with Gasteiger partial charge in [-0.1, -0.05) is 43.5 Å². The Morgan fingerprint density at radius 3 is 2.56 bits per heavy atom. The first-order valence-electron chi connectivity index (χ1n) is 5.76. The van der Waals surface area contributed by atoms with Gasteiger partial charge in [0.2, 0.25) is 0 Å². The van der Waals surface area contributed by atoms with Crippen LogP contribution < -0.4 is 5.32 Å². The van der Waals surface area contributed by atoms with Gasteiger partial charge in [0.1, 0.15) is 0 Å². The standard InChI is InChI=1S/C15H23N/c1-5-8-9-10-11-12-13-14(4)16-15(6-2)7-3/h5-10,16H,2,4,11-13H2,1,3H3/b8-5-,10-9-,15-7+. The number of hydrogen-bond donors (Lipinski definition) is 1. The highest BCUT2D eigenvalue weighted by Crippen LogP contribution is 2.05. The van der Waals surface area contributed by atoms with Crippen LogP contribution >= 0.6 is 0 Å². The molecule has 0 rings (SSSR count). The van der Waals surface area contributed by atoms with E-state index in [0.29, 0.717) is 0 Å². The molecule has 0 amide bonds. The Morgan fingerprint density at radius 2 is 2.00 bits per heavy atom. The van der Waals surface area contributed by atoms with Crippen molar-refractivity contribution in [3.8, 4) is 0 Å². The summed E-state index contributed by atoms with van der Waals surface area (Å²) in [4.78, 5) is 0. The van der Waals surface area contributed by atoms with Crippen LogP contribution in [0, 0.1) is 0 Å². The van der Waals surface area contributed by atoms with Gasteiger partial charge in [0.15, 0.2) is 0 Å². The van der Waals surface area contributed by atoms with Crippen LogP contribution in [0.1, 0.15) is 33.1 Å². The van der Waals surface area contributed by atoms with Gasteiger partial charge >= 0.3 is 0 Å². The van der Waals surface area contributed by atoms with Crippen LogP contribution in [-0.2, 0) is 0 Å². The Kier molecular flexibility index (Phi) is 9.09. The highest BCUT2D eigenvalue weighted by Gasteiger charge is 1.94. The van der Waals surface area contributed by atoms with Crippen molar-refractivity contribution in [3.63, 3.8) is 0 Å². The second kappa shape index (κ2) is 10.0. The molecule has 0 unspecified atom stereocenters. The van der Waals surface area contributed by atoms with E-state index in [1.165, 1.54) is 0 Å². The van der Waals surface area contributed by atoms with Crippen molar-refractivity contribution in [2.75, 3.05) is 0 Å². The predicted octanol–water partition coefficient (Wildman–Crippen LogP) is 4.48. The summed E-state index contributed by atoms with van der Waals surface area (Å²) in [7, 11) is 0. The zero-order chi connectivity index (χ0) is 12.2. The third-order valence-corrected chi connectivity index (χ3v) is 2.14. The van der Waals surface area contributed by atoms with E-state index in [-0.39, 0.29) is 0 Å². The van der Waals surface area contributed by atoms with Crippen LogP contribution in [0.5, 0.6) is 0 Å². The van der Waals surface area contributed by atoms with Crippen molar-refractivity contribution in [2.45, 2.75) is 33.1 Å². The Balaban J connectivity index is 3.70. The first kappa shape index (κ1) is 14.5. The smallest absolute Gasteiger partial charge is 0.0332 e. The van der Waals surface area contributed by atoms with E-state index in [9.17, 15) is 0 Å². The quantitative estimate of drug-likeness (QED) is 0.467. The minimum atomic E-state index is 0.991. The number of allylic oxidation sites excluding steroid dienone is 7. The maximum Gasteiger partial charge on any atom is 0.0332 e. The lowest BCUT2D eigenvalue weighted by Crippen LogP contribution is -2.09. The van der Waals surface area contributed by atoms with Crippen LogP contribution in [0.2, 0.25) is 0 Å². The van der Waals surface area contributed by atoms with Gasteiger partial charge in [-0.3, -0.25) is 0 Å². The molecule has 1 nitrogen and oxygen atoms in total. The highest BCUT2D eigenvalue weighted by atomic mass is 14.9. The summed E-state index contributed by atoms with van der Waals surface area (Å²) >= 11 is 0. The molecule has 0 aromatic rings. The van der Waals surface area contributed by atoms with E-state index in [1.54, 1.807) is 6.08 Å². The summed E-state index contributed by atoms with van der Waals surface area (Å²) in [6, 6.07) is 0. The molecule has 0 saturated carbocycles. The molecule has 0 saturated heterocycles. The molecule has 1 N–H and O–H groups in total. The molecule has 16 heavy (non-hydrogen) atoms. The van der Waals surface area contributed by atoms with Gasteiger partial charge in [-0.05, 0) is 39.2 Å². The minimum absolute atomic E-state index is 0.991. The minimum Gasteiger partial charge on any atom is -0.360 e. The second-order valence-corrected chi connectivity index (χ2v) is 3.52. The molecule has 0 aromatic heterocycles. The molecule has 0 bridgehead atoms. The van der Waals surface area contributed by atoms with E-state index in [4.69, 9.17) is 0 Å². The van der Waals surface area contributed by atoms with E-state index in [0.717, 1.165) is 30.7 Å². The molecule has 0 aromatic carbocycles. The molecular weight excluding hydrogens is 194 g/mol. The average molecular weight is 217 g/mol. The van der Waals surface area contributed by atoms with Crippen molar-refractivity contribution in [3.05, 3.63) is 61.0 Å². The van der Waals surface area contributed by atoms with Crippen LogP contribution in [0.25, 0.3) is 0 Å². The van der Waals surface area contributed by atoms with Gasteiger partial charge in [-0.25, -0.2) is 0 Å². The number of hydrogen-bond acceptors (Lipinski definition) is 1. The maximum atomic E-state index is 3.99. The maximum absolute atomic E-state index is 3.99. The van der Waals surface area contributed by atoms with Crippen molar-refractivity contribution in [1.82, 2.24) is 5.32 Å². The lowest BCUT2D eigenvalue weighted by Gasteiger charge is -2.08. The molecule has 0 spiro atoms. The van der Waals surface area contributed by atoms with Gasteiger partial charge < -0.3 is 5.32 Å². The van der Waals surface area contributed by atoms with Gasteiger partial charge in [0.05, 0.1) is 0 Å². The Bertz CT molecular complexity index is 293. The Labute approximate surface area is 100.0 Å². The van der Waals surface area contributed by atoms with Crippen molar-refractivity contribution in [2.24, 2.45) is 0 Å². The fourth-order valence-corrected chi connectivity index (χ4v) is 1.23. The predicted molar refractivity (Wildman–Crippen MR) is 74.0 cm³/mol. The lowest BCUT2D eigenvalue weighted by molar-refractivity contribution is 0.783. The second-order valence-electron chi connectivity index (χ2n) is 3.52. The molecule has 0 atom stereocenters. The molecule has 0 heterocycles. The topological polar surface area (TPSA) is 12.0 Å². The van der Waals surface area contributed by atoms with Crippen LogP contribution in [-0.4, -0.2) is 0 Å². The number of nitrogens with one attached hydrogen (secondary N) is 1. The number of unbranched alkanes of at least 4 members (excludes halogenated alkanes) is 1. The van der Waals surface area contributed by atoms with Gasteiger partial charge in [0, 0.05) is 11.4 Å². The molecule has 88 valence electrons. The van der Waals surface area contributed by atoms with Crippen molar-refractivity contribution < 1.29 is 0 Å². The summed E-state index contributed by atoms with van der Waals surface area (Å²) in [6.45, 7) is 11.7. The molecule has 0 aliphatic heterocycles. The first-order chi connectivity index (χ1) is 7.74. The molecule has 0 fully saturated rings. The zero-order valence-electron chi connectivity index (χ0n) is 10.5. The lowest BCUT2D eigenvalue weighted by atomic mass is 10.2. The summed E-state index contributed by atoms with van der Waals surface area (Å²) < 4.78 is 0. The van der Waals surface area contributed by atoms with Crippen molar-refractivity contribution in [1.29, 1.82) is 0 Å². The fraction of sp³-hybridized carbons (Fsp3) is 0.333. The molecule has 1 heteroatoms. The van der Waals surface area contributed by atoms with Crippen molar-refractivity contribution >= 4 is 0 Å². The van der Waals surface area contributed by atoms with E-state index in [2.05, 4.69) is 30.6 Å². The summed E-state index contributed by atoms with van der Waals surface area (Å²) in [5.74, 6) is 0. The Morgan fingerprint density at radius 1 is 1.25 bits per heavy atom. The van der Waals surface area contributed by atoms with Crippen LogP contribution in [0.4, 0.5) is 0 Å². The monoisotopic (exact) mass is 217 g/mol. The van der Waals surface area contributed by atoms with Gasteiger partial charge in [0.25, 0.3) is 0 Å². The van der Waals surface area contributed by atoms with E-state index >= 15 is 0 Å². The third kappa shape index (κ3) is 7.86. The average Bonchev–Trinajstić information content (AvgIpc) is 2.30. The van der Waals surface area contributed by atoms with Gasteiger partial charge in [-0.2, -0.15) is 0 Å². The zero-order valence-corrected chi connectivity index (χ0v) is 10.5. The van der Waals surface area contributed by atoms with Crippen LogP contribution in [0.15, 0.2) is 61.0 Å². The SMILES string of the molecule is C=C/C(=C\C)NC(=C)CCC/C=C\C=C/C. The molecular formula is C15H23N. The largest absolute Gasteiger partial charge is 0.360 e. The normalized spacial score (nSPS) is 12.2. The Hall–Kier alpha value is -1.50. The highest BCUT2D eigenvalue weighted by molar-refractivity contribution is 5.18.